The Hall–Kier alpha value is -1.21. The van der Waals surface area contributed by atoms with Crippen molar-refractivity contribution in [1.82, 2.24) is 15.3 Å². The monoisotopic (exact) mass is 326 g/mol. The molecule has 0 spiro atoms. The molecule has 22 heavy (non-hydrogen) atoms. The minimum absolute atomic E-state index is 0.132. The van der Waals surface area contributed by atoms with Gasteiger partial charge >= 0.3 is 0 Å². The van der Waals surface area contributed by atoms with Gasteiger partial charge in [0.1, 0.15) is 4.90 Å². The van der Waals surface area contributed by atoms with Crippen molar-refractivity contribution in [1.29, 1.82) is 0 Å². The zero-order valence-corrected chi connectivity index (χ0v) is 14.4. The molecule has 6 nitrogen and oxygen atoms in total. The molecule has 1 fully saturated rings. The SMILES string of the molecule is CC(C)CCNc1ncc(S(C)(=O)=O)c([C@H]2CCCNC2)n1. The molecule has 1 saturated heterocycles. The second-order valence-electron chi connectivity index (χ2n) is 6.37. The van der Waals surface area contributed by atoms with Crippen LogP contribution in [0, 0.1) is 5.92 Å². The lowest BCUT2D eigenvalue weighted by molar-refractivity contribution is 0.448. The van der Waals surface area contributed by atoms with Crippen molar-refractivity contribution >= 4 is 15.8 Å². The molecule has 0 saturated carbocycles. The molecule has 1 atom stereocenters. The minimum Gasteiger partial charge on any atom is -0.354 e. The van der Waals surface area contributed by atoms with Gasteiger partial charge in [0.15, 0.2) is 9.84 Å². The van der Waals surface area contributed by atoms with Crippen molar-refractivity contribution < 1.29 is 8.42 Å². The topological polar surface area (TPSA) is 84.0 Å². The molecule has 1 aromatic rings. The maximum Gasteiger partial charge on any atom is 0.222 e. The Morgan fingerprint density at radius 3 is 2.82 bits per heavy atom. The normalized spacial score (nSPS) is 19.4. The first kappa shape index (κ1) is 17.1. The van der Waals surface area contributed by atoms with E-state index < -0.39 is 9.84 Å². The summed E-state index contributed by atoms with van der Waals surface area (Å²) in [4.78, 5) is 8.95. The molecule has 1 aliphatic heterocycles. The second kappa shape index (κ2) is 7.37. The van der Waals surface area contributed by atoms with Crippen LogP contribution in [0.3, 0.4) is 0 Å². The molecule has 2 rings (SSSR count). The Labute approximate surface area is 133 Å². The predicted molar refractivity (Wildman–Crippen MR) is 87.9 cm³/mol. The number of anilines is 1. The number of nitrogens with zero attached hydrogens (tertiary/aromatic N) is 2. The van der Waals surface area contributed by atoms with E-state index in [2.05, 4.69) is 34.4 Å². The van der Waals surface area contributed by atoms with Crippen LogP contribution in [0.25, 0.3) is 0 Å². The quantitative estimate of drug-likeness (QED) is 0.829. The summed E-state index contributed by atoms with van der Waals surface area (Å²) >= 11 is 0. The van der Waals surface area contributed by atoms with Crippen LogP contribution in [0.4, 0.5) is 5.95 Å². The Morgan fingerprint density at radius 2 is 2.23 bits per heavy atom. The van der Waals surface area contributed by atoms with Gasteiger partial charge in [-0.3, -0.25) is 0 Å². The van der Waals surface area contributed by atoms with E-state index in [-0.39, 0.29) is 10.8 Å². The Balaban J connectivity index is 2.24. The van der Waals surface area contributed by atoms with Gasteiger partial charge in [0.2, 0.25) is 5.95 Å². The van der Waals surface area contributed by atoms with Gasteiger partial charge < -0.3 is 10.6 Å². The van der Waals surface area contributed by atoms with Gasteiger partial charge in [-0.15, -0.1) is 0 Å². The minimum atomic E-state index is -3.31. The van der Waals surface area contributed by atoms with Gasteiger partial charge in [-0.1, -0.05) is 13.8 Å². The van der Waals surface area contributed by atoms with Crippen LogP contribution in [0.2, 0.25) is 0 Å². The third-order valence-electron chi connectivity index (χ3n) is 3.87. The van der Waals surface area contributed by atoms with Gasteiger partial charge in [-0.05, 0) is 31.7 Å². The number of nitrogens with one attached hydrogen (secondary N) is 2. The highest BCUT2D eigenvalue weighted by Gasteiger charge is 2.25. The predicted octanol–water partition coefficient (Wildman–Crippen LogP) is 1.81. The van der Waals surface area contributed by atoms with E-state index in [9.17, 15) is 8.42 Å². The van der Waals surface area contributed by atoms with Gasteiger partial charge in [0.25, 0.3) is 0 Å². The molecule has 2 N–H and O–H groups in total. The van der Waals surface area contributed by atoms with Crippen LogP contribution in [-0.4, -0.2) is 44.3 Å². The molecular weight excluding hydrogens is 300 g/mol. The summed E-state index contributed by atoms with van der Waals surface area (Å²) in [5.74, 6) is 1.26. The van der Waals surface area contributed by atoms with Crippen LogP contribution in [0.15, 0.2) is 11.1 Å². The summed E-state index contributed by atoms with van der Waals surface area (Å²) < 4.78 is 24.0. The summed E-state index contributed by atoms with van der Waals surface area (Å²) in [5.41, 5.74) is 0.650. The molecule has 1 aliphatic rings. The summed E-state index contributed by atoms with van der Waals surface area (Å²) in [5, 5.41) is 6.51. The largest absolute Gasteiger partial charge is 0.354 e. The number of piperidine rings is 1. The lowest BCUT2D eigenvalue weighted by Crippen LogP contribution is -2.30. The highest BCUT2D eigenvalue weighted by molar-refractivity contribution is 7.90. The van der Waals surface area contributed by atoms with E-state index in [4.69, 9.17) is 0 Å². The summed E-state index contributed by atoms with van der Waals surface area (Å²) in [6.45, 7) is 6.86. The summed E-state index contributed by atoms with van der Waals surface area (Å²) in [6, 6.07) is 0. The first-order chi connectivity index (χ1) is 10.4. The molecule has 0 bridgehead atoms. The van der Waals surface area contributed by atoms with E-state index in [0.29, 0.717) is 17.6 Å². The molecular formula is C15H26N4O2S. The lowest BCUT2D eigenvalue weighted by Gasteiger charge is -2.24. The van der Waals surface area contributed by atoms with Gasteiger partial charge in [-0.2, -0.15) is 0 Å². The van der Waals surface area contributed by atoms with E-state index in [1.807, 2.05) is 0 Å². The summed E-state index contributed by atoms with van der Waals surface area (Å²) in [7, 11) is -3.31. The Morgan fingerprint density at radius 1 is 1.45 bits per heavy atom. The van der Waals surface area contributed by atoms with Gasteiger partial charge in [0, 0.05) is 25.3 Å². The number of hydrogen-bond donors (Lipinski definition) is 2. The van der Waals surface area contributed by atoms with Crippen LogP contribution >= 0.6 is 0 Å². The molecule has 1 aromatic heterocycles. The van der Waals surface area contributed by atoms with Crippen molar-refractivity contribution in [2.75, 3.05) is 31.2 Å². The van der Waals surface area contributed by atoms with Crippen LogP contribution < -0.4 is 10.6 Å². The number of rotatable bonds is 6. The van der Waals surface area contributed by atoms with Crippen molar-refractivity contribution in [2.45, 2.75) is 43.9 Å². The van der Waals surface area contributed by atoms with Crippen molar-refractivity contribution in [3.8, 4) is 0 Å². The first-order valence-electron chi connectivity index (χ1n) is 7.89. The summed E-state index contributed by atoms with van der Waals surface area (Å²) in [6.07, 6.45) is 5.69. The highest BCUT2D eigenvalue weighted by Crippen LogP contribution is 2.27. The third-order valence-corrected chi connectivity index (χ3v) is 4.98. The average Bonchev–Trinajstić information content (AvgIpc) is 2.46. The fourth-order valence-electron chi connectivity index (χ4n) is 2.61. The second-order valence-corrected chi connectivity index (χ2v) is 8.35. The van der Waals surface area contributed by atoms with Gasteiger partial charge in [-0.25, -0.2) is 18.4 Å². The van der Waals surface area contributed by atoms with E-state index in [1.54, 1.807) is 0 Å². The Kier molecular flexibility index (Phi) is 5.74. The van der Waals surface area contributed by atoms with Crippen LogP contribution in [0.1, 0.15) is 44.7 Å². The molecule has 0 unspecified atom stereocenters. The fourth-order valence-corrected chi connectivity index (χ4v) is 3.44. The molecule has 7 heteroatoms. The third kappa shape index (κ3) is 4.64. The molecule has 0 aromatic carbocycles. The molecule has 0 radical (unpaired) electrons. The van der Waals surface area contributed by atoms with Crippen LogP contribution in [0.5, 0.6) is 0 Å². The molecule has 2 heterocycles. The zero-order valence-electron chi connectivity index (χ0n) is 13.6. The maximum absolute atomic E-state index is 12.0. The number of aromatic nitrogens is 2. The molecule has 124 valence electrons. The lowest BCUT2D eigenvalue weighted by atomic mass is 9.96. The molecule has 0 aliphatic carbocycles. The zero-order chi connectivity index (χ0) is 16.2. The molecule has 0 amide bonds. The first-order valence-corrected chi connectivity index (χ1v) is 9.78. The van der Waals surface area contributed by atoms with E-state index in [1.165, 1.54) is 12.5 Å². The highest BCUT2D eigenvalue weighted by atomic mass is 32.2. The van der Waals surface area contributed by atoms with Crippen molar-refractivity contribution in [2.24, 2.45) is 5.92 Å². The van der Waals surface area contributed by atoms with E-state index >= 15 is 0 Å². The maximum atomic E-state index is 12.0. The Bertz CT molecular complexity index is 596. The standard InChI is InChI=1S/C15H26N4O2S/c1-11(2)6-8-17-15-18-10-13(22(3,20)21)14(19-15)12-5-4-7-16-9-12/h10-12,16H,4-9H2,1-3H3,(H,17,18,19)/t12-/m0/s1. The van der Waals surface area contributed by atoms with Crippen LogP contribution in [-0.2, 0) is 9.84 Å². The average molecular weight is 326 g/mol. The van der Waals surface area contributed by atoms with Crippen molar-refractivity contribution in [3.05, 3.63) is 11.9 Å². The number of sulfone groups is 1. The fraction of sp³-hybridized carbons (Fsp3) is 0.733. The van der Waals surface area contributed by atoms with Gasteiger partial charge in [0.05, 0.1) is 11.9 Å². The smallest absolute Gasteiger partial charge is 0.222 e. The van der Waals surface area contributed by atoms with E-state index in [0.717, 1.165) is 38.9 Å². The number of hydrogen-bond acceptors (Lipinski definition) is 6. The van der Waals surface area contributed by atoms with Crippen molar-refractivity contribution in [3.63, 3.8) is 0 Å².